The van der Waals surface area contributed by atoms with E-state index >= 15 is 0 Å². The molecule has 1 aliphatic carbocycles. The van der Waals surface area contributed by atoms with Crippen LogP contribution in [-0.4, -0.2) is 20.8 Å². The summed E-state index contributed by atoms with van der Waals surface area (Å²) in [5, 5.41) is 10.6. The molecule has 1 fully saturated rings. The first-order chi connectivity index (χ1) is 9.79. The van der Waals surface area contributed by atoms with E-state index in [9.17, 15) is 5.11 Å². The van der Waals surface area contributed by atoms with Gasteiger partial charge in [0.05, 0.1) is 23.7 Å². The molecule has 1 atom stereocenters. The summed E-state index contributed by atoms with van der Waals surface area (Å²) >= 11 is 0. The van der Waals surface area contributed by atoms with Crippen molar-refractivity contribution in [3.8, 4) is 0 Å². The highest BCUT2D eigenvalue weighted by Crippen LogP contribution is 2.28. The van der Waals surface area contributed by atoms with Gasteiger partial charge in [0, 0.05) is 6.42 Å². The van der Waals surface area contributed by atoms with Gasteiger partial charge in [-0.15, -0.1) is 0 Å². The van der Waals surface area contributed by atoms with E-state index in [4.69, 9.17) is 0 Å². The third-order valence-corrected chi connectivity index (χ3v) is 4.61. The van der Waals surface area contributed by atoms with Gasteiger partial charge in [0.1, 0.15) is 5.82 Å². The number of hydrogen-bond donors (Lipinski definition) is 1. The van der Waals surface area contributed by atoms with E-state index in [-0.39, 0.29) is 6.10 Å². The molecule has 3 nitrogen and oxygen atoms in total. The van der Waals surface area contributed by atoms with Crippen molar-refractivity contribution in [2.45, 2.75) is 58.1 Å². The molecule has 0 bridgehead atoms. The van der Waals surface area contributed by atoms with Crippen molar-refractivity contribution in [3.63, 3.8) is 0 Å². The number of fused-ring (bicyclic) bond motifs is 1. The Morgan fingerprint density at radius 3 is 2.75 bits per heavy atom. The van der Waals surface area contributed by atoms with E-state index in [2.05, 4.69) is 28.6 Å². The summed E-state index contributed by atoms with van der Waals surface area (Å²) in [7, 11) is 0. The Balaban J connectivity index is 1.85. The van der Waals surface area contributed by atoms with Crippen molar-refractivity contribution < 1.29 is 5.11 Å². The number of imidazole rings is 1. The standard InChI is InChI=1S/C17H24N2O/c1-2-17-18-14-10-6-7-11-15(14)19(17)12-16(20)13-8-4-3-5-9-13/h6-7,10-11,13,16,20H,2-5,8-9,12H2,1H3. The molecule has 2 aromatic rings. The molecule has 1 saturated carbocycles. The summed E-state index contributed by atoms with van der Waals surface area (Å²) in [6.07, 6.45) is 6.90. The van der Waals surface area contributed by atoms with Crippen LogP contribution in [0, 0.1) is 5.92 Å². The van der Waals surface area contributed by atoms with Crippen molar-refractivity contribution in [2.24, 2.45) is 5.92 Å². The van der Waals surface area contributed by atoms with Crippen molar-refractivity contribution in [3.05, 3.63) is 30.1 Å². The van der Waals surface area contributed by atoms with Crippen LogP contribution in [0.3, 0.4) is 0 Å². The minimum Gasteiger partial charge on any atom is -0.391 e. The van der Waals surface area contributed by atoms with Crippen LogP contribution in [0.25, 0.3) is 11.0 Å². The molecular formula is C17H24N2O. The van der Waals surface area contributed by atoms with Crippen LogP contribution in [0.15, 0.2) is 24.3 Å². The Labute approximate surface area is 120 Å². The van der Waals surface area contributed by atoms with E-state index in [1.54, 1.807) is 0 Å². The first-order valence-electron chi connectivity index (χ1n) is 7.91. The van der Waals surface area contributed by atoms with E-state index in [0.717, 1.165) is 23.3 Å². The normalized spacial score (nSPS) is 18.5. The predicted octanol–water partition coefficient (Wildman–Crippen LogP) is 3.54. The van der Waals surface area contributed by atoms with Gasteiger partial charge in [-0.3, -0.25) is 0 Å². The van der Waals surface area contributed by atoms with Crippen LogP contribution in [0.1, 0.15) is 44.9 Å². The summed E-state index contributed by atoms with van der Waals surface area (Å²) in [5.41, 5.74) is 2.19. The maximum absolute atomic E-state index is 10.6. The molecular weight excluding hydrogens is 248 g/mol. The van der Waals surface area contributed by atoms with Gasteiger partial charge in [0.2, 0.25) is 0 Å². The molecule has 0 aliphatic heterocycles. The van der Waals surface area contributed by atoms with E-state index in [1.807, 2.05) is 12.1 Å². The van der Waals surface area contributed by atoms with Gasteiger partial charge in [0.25, 0.3) is 0 Å². The molecule has 20 heavy (non-hydrogen) atoms. The molecule has 0 saturated heterocycles. The lowest BCUT2D eigenvalue weighted by atomic mass is 9.85. The average Bonchev–Trinajstić information content (AvgIpc) is 2.86. The van der Waals surface area contributed by atoms with Gasteiger partial charge in [-0.2, -0.15) is 0 Å². The van der Waals surface area contributed by atoms with E-state index in [0.29, 0.717) is 12.5 Å². The number of para-hydroxylation sites is 2. The number of aliphatic hydroxyl groups excluding tert-OH is 1. The largest absolute Gasteiger partial charge is 0.391 e. The SMILES string of the molecule is CCc1nc2ccccc2n1CC(O)C1CCCCC1. The minimum atomic E-state index is -0.238. The molecule has 1 aliphatic rings. The summed E-state index contributed by atoms with van der Waals surface area (Å²) in [5.74, 6) is 1.55. The van der Waals surface area contributed by atoms with Crippen LogP contribution < -0.4 is 0 Å². The predicted molar refractivity (Wildman–Crippen MR) is 81.7 cm³/mol. The van der Waals surface area contributed by atoms with Crippen LogP contribution >= 0.6 is 0 Å². The molecule has 0 radical (unpaired) electrons. The Morgan fingerprint density at radius 2 is 2.00 bits per heavy atom. The highest BCUT2D eigenvalue weighted by Gasteiger charge is 2.23. The Hall–Kier alpha value is -1.35. The summed E-state index contributed by atoms with van der Waals surface area (Å²) in [6, 6.07) is 8.23. The Bertz CT molecular complexity index is 569. The van der Waals surface area contributed by atoms with Crippen LogP contribution in [0.5, 0.6) is 0 Å². The second-order valence-electron chi connectivity index (χ2n) is 5.95. The quantitative estimate of drug-likeness (QED) is 0.924. The first kappa shape index (κ1) is 13.6. The Morgan fingerprint density at radius 1 is 1.25 bits per heavy atom. The minimum absolute atomic E-state index is 0.238. The van der Waals surface area contributed by atoms with Crippen LogP contribution in [0.4, 0.5) is 0 Å². The van der Waals surface area contributed by atoms with Crippen molar-refractivity contribution in [1.29, 1.82) is 0 Å². The second kappa shape index (κ2) is 5.96. The van der Waals surface area contributed by atoms with Crippen molar-refractivity contribution in [2.75, 3.05) is 0 Å². The summed E-state index contributed by atoms with van der Waals surface area (Å²) in [4.78, 5) is 4.68. The van der Waals surface area contributed by atoms with Gasteiger partial charge in [0.15, 0.2) is 0 Å². The molecule has 1 unspecified atom stereocenters. The maximum Gasteiger partial charge on any atom is 0.109 e. The zero-order valence-corrected chi connectivity index (χ0v) is 12.3. The molecule has 1 N–H and O–H groups in total. The smallest absolute Gasteiger partial charge is 0.109 e. The zero-order valence-electron chi connectivity index (χ0n) is 12.3. The summed E-state index contributed by atoms with van der Waals surface area (Å²) in [6.45, 7) is 2.82. The highest BCUT2D eigenvalue weighted by molar-refractivity contribution is 5.75. The van der Waals surface area contributed by atoms with Crippen molar-refractivity contribution >= 4 is 11.0 Å². The molecule has 1 aromatic heterocycles. The number of rotatable bonds is 4. The molecule has 0 amide bonds. The average molecular weight is 272 g/mol. The molecule has 108 valence electrons. The van der Waals surface area contributed by atoms with Gasteiger partial charge < -0.3 is 9.67 Å². The fourth-order valence-electron chi connectivity index (χ4n) is 3.45. The third kappa shape index (κ3) is 2.59. The summed E-state index contributed by atoms with van der Waals surface area (Å²) < 4.78 is 2.22. The fraction of sp³-hybridized carbons (Fsp3) is 0.588. The fourth-order valence-corrected chi connectivity index (χ4v) is 3.45. The van der Waals surface area contributed by atoms with Crippen LogP contribution in [-0.2, 0) is 13.0 Å². The number of aliphatic hydroxyl groups is 1. The maximum atomic E-state index is 10.6. The molecule has 3 rings (SSSR count). The number of hydrogen-bond acceptors (Lipinski definition) is 2. The monoisotopic (exact) mass is 272 g/mol. The lowest BCUT2D eigenvalue weighted by Gasteiger charge is -2.27. The molecule has 1 heterocycles. The first-order valence-corrected chi connectivity index (χ1v) is 7.91. The van der Waals surface area contributed by atoms with Gasteiger partial charge in [-0.05, 0) is 30.9 Å². The number of nitrogens with zero attached hydrogens (tertiary/aromatic N) is 2. The second-order valence-corrected chi connectivity index (χ2v) is 5.95. The third-order valence-electron chi connectivity index (χ3n) is 4.61. The molecule has 3 heteroatoms. The molecule has 0 spiro atoms. The van der Waals surface area contributed by atoms with Crippen LogP contribution in [0.2, 0.25) is 0 Å². The lowest BCUT2D eigenvalue weighted by Crippen LogP contribution is -2.28. The van der Waals surface area contributed by atoms with Gasteiger partial charge >= 0.3 is 0 Å². The van der Waals surface area contributed by atoms with E-state index in [1.165, 1.54) is 32.1 Å². The van der Waals surface area contributed by atoms with E-state index < -0.39 is 0 Å². The Kier molecular flexibility index (Phi) is 4.06. The highest BCUT2D eigenvalue weighted by atomic mass is 16.3. The van der Waals surface area contributed by atoms with Gasteiger partial charge in [-0.1, -0.05) is 38.3 Å². The molecule has 1 aromatic carbocycles. The number of benzene rings is 1. The zero-order chi connectivity index (χ0) is 13.9. The number of aryl methyl sites for hydroxylation is 1. The lowest BCUT2D eigenvalue weighted by molar-refractivity contribution is 0.0699. The topological polar surface area (TPSA) is 38.0 Å². The van der Waals surface area contributed by atoms with Crippen molar-refractivity contribution in [1.82, 2.24) is 9.55 Å². The number of aromatic nitrogens is 2. The van der Waals surface area contributed by atoms with Gasteiger partial charge in [-0.25, -0.2) is 4.98 Å².